The molecule has 1 saturated heterocycles. The van der Waals surface area contributed by atoms with Crippen LogP contribution < -0.4 is 0 Å². The molecule has 1 heterocycles. The second-order valence-corrected chi connectivity index (χ2v) is 6.19. The van der Waals surface area contributed by atoms with Crippen molar-refractivity contribution in [2.45, 2.75) is 37.3 Å². The van der Waals surface area contributed by atoms with Crippen molar-refractivity contribution in [2.75, 3.05) is 6.61 Å². The lowest BCUT2D eigenvalue weighted by molar-refractivity contribution is -0.128. The number of rotatable bonds is 5. The first-order valence-electron chi connectivity index (χ1n) is 6.31. The summed E-state index contributed by atoms with van der Waals surface area (Å²) in [7, 11) is -3.81. The summed E-state index contributed by atoms with van der Waals surface area (Å²) in [6.07, 6.45) is 0.743. The topological polar surface area (TPSA) is 63.7 Å². The van der Waals surface area contributed by atoms with Crippen LogP contribution in [-0.2, 0) is 19.6 Å². The van der Waals surface area contributed by atoms with Gasteiger partial charge in [-0.2, -0.15) is 0 Å². The van der Waals surface area contributed by atoms with Crippen LogP contribution >= 0.6 is 0 Å². The molecule has 1 atom stereocenters. The zero-order valence-corrected chi connectivity index (χ0v) is 11.6. The first-order valence-corrected chi connectivity index (χ1v) is 7.75. The van der Waals surface area contributed by atoms with Crippen LogP contribution in [0.4, 0.5) is 0 Å². The molecule has 6 heteroatoms. The Morgan fingerprint density at radius 2 is 2.00 bits per heavy atom. The SMILES string of the molecule is CCCOC1CCC(=O)N1S(=O)(=O)c1ccccc1. The van der Waals surface area contributed by atoms with Crippen molar-refractivity contribution in [3.05, 3.63) is 30.3 Å². The predicted octanol–water partition coefficient (Wildman–Crippen LogP) is 1.75. The fourth-order valence-corrected chi connectivity index (χ4v) is 3.60. The van der Waals surface area contributed by atoms with E-state index in [1.807, 2.05) is 6.92 Å². The summed E-state index contributed by atoms with van der Waals surface area (Å²) in [5.41, 5.74) is 0. The van der Waals surface area contributed by atoms with Crippen molar-refractivity contribution < 1.29 is 17.9 Å². The molecule has 1 aromatic carbocycles. The summed E-state index contributed by atoms with van der Waals surface area (Å²) in [5, 5.41) is 0. The molecular weight excluding hydrogens is 266 g/mol. The largest absolute Gasteiger partial charge is 0.357 e. The van der Waals surface area contributed by atoms with E-state index in [0.29, 0.717) is 13.0 Å². The fraction of sp³-hybridized carbons (Fsp3) is 0.462. The maximum Gasteiger partial charge on any atom is 0.268 e. The first kappa shape index (κ1) is 14.0. The molecule has 1 amide bonds. The molecule has 0 spiro atoms. The average molecular weight is 283 g/mol. The van der Waals surface area contributed by atoms with Gasteiger partial charge in [-0.05, 0) is 18.6 Å². The molecule has 2 rings (SSSR count). The molecule has 1 aliphatic rings. The maximum absolute atomic E-state index is 12.4. The molecule has 1 aromatic rings. The van der Waals surface area contributed by atoms with Crippen LogP contribution in [0.5, 0.6) is 0 Å². The lowest BCUT2D eigenvalue weighted by Crippen LogP contribution is -2.40. The summed E-state index contributed by atoms with van der Waals surface area (Å²) in [5.74, 6) is -0.398. The molecule has 0 aromatic heterocycles. The van der Waals surface area contributed by atoms with Crippen LogP contribution in [0.2, 0.25) is 0 Å². The number of sulfonamides is 1. The van der Waals surface area contributed by atoms with Gasteiger partial charge in [0.1, 0.15) is 6.23 Å². The van der Waals surface area contributed by atoms with Crippen molar-refractivity contribution in [3.8, 4) is 0 Å². The molecule has 0 bridgehead atoms. The molecule has 19 heavy (non-hydrogen) atoms. The van der Waals surface area contributed by atoms with Crippen LogP contribution in [-0.4, -0.2) is 31.5 Å². The molecule has 0 aliphatic carbocycles. The van der Waals surface area contributed by atoms with E-state index < -0.39 is 22.2 Å². The summed E-state index contributed by atoms with van der Waals surface area (Å²) in [6.45, 7) is 2.38. The smallest absolute Gasteiger partial charge is 0.268 e. The number of carbonyl (C=O) groups is 1. The fourth-order valence-electron chi connectivity index (χ4n) is 2.03. The van der Waals surface area contributed by atoms with E-state index in [1.165, 1.54) is 12.1 Å². The van der Waals surface area contributed by atoms with Gasteiger partial charge in [0.05, 0.1) is 4.90 Å². The monoisotopic (exact) mass is 283 g/mol. The highest BCUT2D eigenvalue weighted by molar-refractivity contribution is 7.89. The Labute approximate surface area is 113 Å². The van der Waals surface area contributed by atoms with Gasteiger partial charge in [0, 0.05) is 19.4 Å². The number of benzene rings is 1. The van der Waals surface area contributed by atoms with E-state index in [2.05, 4.69) is 0 Å². The molecule has 1 fully saturated rings. The van der Waals surface area contributed by atoms with Gasteiger partial charge >= 0.3 is 0 Å². The van der Waals surface area contributed by atoms with Crippen LogP contribution in [0.15, 0.2) is 35.2 Å². The van der Waals surface area contributed by atoms with Crippen molar-refractivity contribution >= 4 is 15.9 Å². The van der Waals surface area contributed by atoms with Gasteiger partial charge in [-0.1, -0.05) is 25.1 Å². The summed E-state index contributed by atoms with van der Waals surface area (Å²) >= 11 is 0. The van der Waals surface area contributed by atoms with E-state index in [-0.39, 0.29) is 11.3 Å². The average Bonchev–Trinajstić information content (AvgIpc) is 2.79. The lowest BCUT2D eigenvalue weighted by Gasteiger charge is -2.24. The number of hydrogen-bond acceptors (Lipinski definition) is 4. The third-order valence-corrected chi connectivity index (χ3v) is 4.75. The molecule has 0 N–H and O–H groups in total. The minimum atomic E-state index is -3.81. The van der Waals surface area contributed by atoms with Gasteiger partial charge in [-0.25, -0.2) is 12.7 Å². The van der Waals surface area contributed by atoms with Gasteiger partial charge in [-0.15, -0.1) is 0 Å². The highest BCUT2D eigenvalue weighted by atomic mass is 32.2. The first-order chi connectivity index (χ1) is 9.07. The molecule has 0 radical (unpaired) electrons. The number of amides is 1. The van der Waals surface area contributed by atoms with Crippen LogP contribution in [0.1, 0.15) is 26.2 Å². The Hall–Kier alpha value is -1.40. The van der Waals surface area contributed by atoms with Crippen molar-refractivity contribution in [2.24, 2.45) is 0 Å². The van der Waals surface area contributed by atoms with Gasteiger partial charge in [0.2, 0.25) is 5.91 Å². The lowest BCUT2D eigenvalue weighted by atomic mass is 10.3. The van der Waals surface area contributed by atoms with E-state index in [1.54, 1.807) is 18.2 Å². The summed E-state index contributed by atoms with van der Waals surface area (Å²) < 4.78 is 31.2. The van der Waals surface area contributed by atoms with E-state index in [0.717, 1.165) is 10.7 Å². The molecule has 104 valence electrons. The second-order valence-electron chi connectivity index (χ2n) is 4.37. The van der Waals surface area contributed by atoms with Crippen LogP contribution in [0, 0.1) is 0 Å². The van der Waals surface area contributed by atoms with Gasteiger partial charge < -0.3 is 4.74 Å². The maximum atomic E-state index is 12.4. The highest BCUT2D eigenvalue weighted by Gasteiger charge is 2.41. The standard InChI is InChI=1S/C13H17NO4S/c1-2-10-18-13-9-8-12(15)14(13)19(16,17)11-6-4-3-5-7-11/h3-7,13H,2,8-10H2,1H3. The Balaban J connectivity index is 2.29. The zero-order valence-electron chi connectivity index (χ0n) is 10.8. The molecular formula is C13H17NO4S. The number of hydrogen-bond donors (Lipinski definition) is 0. The number of nitrogens with zero attached hydrogens (tertiary/aromatic N) is 1. The Kier molecular flexibility index (Phi) is 4.21. The Morgan fingerprint density at radius 3 is 2.63 bits per heavy atom. The van der Waals surface area contributed by atoms with Crippen LogP contribution in [0.25, 0.3) is 0 Å². The van der Waals surface area contributed by atoms with Crippen LogP contribution in [0.3, 0.4) is 0 Å². The van der Waals surface area contributed by atoms with E-state index in [4.69, 9.17) is 4.74 Å². The van der Waals surface area contributed by atoms with Crippen molar-refractivity contribution in [1.29, 1.82) is 0 Å². The number of carbonyl (C=O) groups excluding carboxylic acids is 1. The summed E-state index contributed by atoms with van der Waals surface area (Å²) in [4.78, 5) is 12.0. The summed E-state index contributed by atoms with van der Waals surface area (Å²) in [6, 6.07) is 7.97. The predicted molar refractivity (Wildman–Crippen MR) is 69.7 cm³/mol. The minimum absolute atomic E-state index is 0.121. The normalized spacial score (nSPS) is 19.9. The van der Waals surface area contributed by atoms with Gasteiger partial charge in [0.15, 0.2) is 0 Å². The van der Waals surface area contributed by atoms with E-state index >= 15 is 0 Å². The van der Waals surface area contributed by atoms with E-state index in [9.17, 15) is 13.2 Å². The van der Waals surface area contributed by atoms with Crippen molar-refractivity contribution in [1.82, 2.24) is 4.31 Å². The third kappa shape index (κ3) is 2.79. The van der Waals surface area contributed by atoms with Crippen molar-refractivity contribution in [3.63, 3.8) is 0 Å². The Bertz CT molecular complexity index is 541. The van der Waals surface area contributed by atoms with Gasteiger partial charge in [-0.3, -0.25) is 4.79 Å². The second kappa shape index (κ2) is 5.71. The molecule has 5 nitrogen and oxygen atoms in total. The Morgan fingerprint density at radius 1 is 1.32 bits per heavy atom. The third-order valence-electron chi connectivity index (χ3n) is 2.93. The highest BCUT2D eigenvalue weighted by Crippen LogP contribution is 2.27. The number of ether oxygens (including phenoxy) is 1. The molecule has 1 unspecified atom stereocenters. The van der Waals surface area contributed by atoms with Gasteiger partial charge in [0.25, 0.3) is 10.0 Å². The molecule has 1 aliphatic heterocycles. The molecule has 0 saturated carbocycles. The quantitative estimate of drug-likeness (QED) is 0.826. The minimum Gasteiger partial charge on any atom is -0.357 e. The zero-order chi connectivity index (χ0) is 13.9.